The standard InChI is InChI=1S/C23H20N4O3/c1-14-4-6-18(7-5-14)27-22(29)20(21(28)25-23(27)30)13-17-12-15(2)26(16(17)3)19-8-10-24-11-9-19/h4-13H,1-3H3,(H,25,28,30)/b20-13+. The van der Waals surface area contributed by atoms with E-state index in [1.807, 2.05) is 43.5 Å². The van der Waals surface area contributed by atoms with Gasteiger partial charge in [0.1, 0.15) is 5.57 Å². The fourth-order valence-electron chi connectivity index (χ4n) is 3.57. The Morgan fingerprint density at radius 2 is 1.57 bits per heavy atom. The number of anilines is 1. The van der Waals surface area contributed by atoms with Crippen molar-refractivity contribution in [2.24, 2.45) is 0 Å². The molecule has 0 saturated carbocycles. The van der Waals surface area contributed by atoms with Gasteiger partial charge in [-0.3, -0.25) is 19.9 Å². The topological polar surface area (TPSA) is 84.3 Å². The Morgan fingerprint density at radius 1 is 0.900 bits per heavy atom. The molecule has 1 fully saturated rings. The molecule has 1 aliphatic rings. The van der Waals surface area contributed by atoms with E-state index in [2.05, 4.69) is 10.3 Å². The summed E-state index contributed by atoms with van der Waals surface area (Å²) in [7, 11) is 0. The van der Waals surface area contributed by atoms with Crippen molar-refractivity contribution in [2.45, 2.75) is 20.8 Å². The van der Waals surface area contributed by atoms with Gasteiger partial charge < -0.3 is 4.57 Å². The number of carbonyl (C=O) groups excluding carboxylic acids is 3. The maximum atomic E-state index is 13.1. The maximum Gasteiger partial charge on any atom is 0.335 e. The van der Waals surface area contributed by atoms with Crippen LogP contribution in [0.25, 0.3) is 11.8 Å². The van der Waals surface area contributed by atoms with Gasteiger partial charge in [0.25, 0.3) is 11.8 Å². The number of carbonyl (C=O) groups is 3. The number of imide groups is 2. The van der Waals surface area contributed by atoms with Crippen LogP contribution in [0.15, 0.2) is 60.4 Å². The van der Waals surface area contributed by atoms with Crippen LogP contribution in [0.3, 0.4) is 0 Å². The van der Waals surface area contributed by atoms with E-state index in [0.29, 0.717) is 5.69 Å². The molecule has 30 heavy (non-hydrogen) atoms. The molecule has 150 valence electrons. The highest BCUT2D eigenvalue weighted by Crippen LogP contribution is 2.26. The van der Waals surface area contributed by atoms with E-state index in [1.165, 1.54) is 6.08 Å². The summed E-state index contributed by atoms with van der Waals surface area (Å²) < 4.78 is 2.02. The number of amides is 4. The van der Waals surface area contributed by atoms with E-state index in [4.69, 9.17) is 0 Å². The zero-order chi connectivity index (χ0) is 21.4. The fourth-order valence-corrected chi connectivity index (χ4v) is 3.57. The summed E-state index contributed by atoms with van der Waals surface area (Å²) in [5, 5.41) is 2.26. The summed E-state index contributed by atoms with van der Waals surface area (Å²) in [6.45, 7) is 5.77. The summed E-state index contributed by atoms with van der Waals surface area (Å²) in [6, 6.07) is 11.9. The van der Waals surface area contributed by atoms with Gasteiger partial charge >= 0.3 is 6.03 Å². The Morgan fingerprint density at radius 3 is 2.23 bits per heavy atom. The second kappa shape index (κ2) is 7.44. The number of aryl methyl sites for hydroxylation is 2. The smallest absolute Gasteiger partial charge is 0.318 e. The number of hydrogen-bond donors (Lipinski definition) is 1. The van der Waals surface area contributed by atoms with Gasteiger partial charge in [0.05, 0.1) is 5.69 Å². The Labute approximate surface area is 173 Å². The molecule has 0 spiro atoms. The van der Waals surface area contributed by atoms with Gasteiger partial charge in [-0.25, -0.2) is 9.69 Å². The molecule has 4 rings (SSSR count). The van der Waals surface area contributed by atoms with Crippen molar-refractivity contribution in [3.05, 3.63) is 82.9 Å². The van der Waals surface area contributed by atoms with Crippen LogP contribution in [0.4, 0.5) is 10.5 Å². The number of urea groups is 1. The van der Waals surface area contributed by atoms with Gasteiger partial charge in [-0.1, -0.05) is 17.7 Å². The number of hydrogen-bond acceptors (Lipinski definition) is 4. The molecule has 0 bridgehead atoms. The second-order valence-electron chi connectivity index (χ2n) is 7.16. The van der Waals surface area contributed by atoms with Crippen LogP contribution in [0.1, 0.15) is 22.5 Å². The molecule has 0 unspecified atom stereocenters. The van der Waals surface area contributed by atoms with Crippen molar-refractivity contribution < 1.29 is 14.4 Å². The molecule has 3 heterocycles. The summed E-state index contributed by atoms with van der Waals surface area (Å²) in [5.41, 5.74) is 4.78. The molecular formula is C23H20N4O3. The molecule has 0 aliphatic carbocycles. The minimum absolute atomic E-state index is 0.0925. The van der Waals surface area contributed by atoms with Crippen molar-refractivity contribution in [1.29, 1.82) is 0 Å². The van der Waals surface area contributed by atoms with Crippen molar-refractivity contribution in [3.63, 3.8) is 0 Å². The number of aromatic nitrogens is 2. The van der Waals surface area contributed by atoms with Crippen molar-refractivity contribution >= 4 is 29.6 Å². The summed E-state index contributed by atoms with van der Waals surface area (Å²) >= 11 is 0. The first kappa shape index (κ1) is 19.3. The third-order valence-electron chi connectivity index (χ3n) is 5.08. The molecule has 3 aromatic rings. The summed E-state index contributed by atoms with van der Waals surface area (Å²) in [6.07, 6.45) is 4.94. The molecule has 4 amide bonds. The number of pyridine rings is 1. The zero-order valence-corrected chi connectivity index (χ0v) is 16.8. The van der Waals surface area contributed by atoms with E-state index in [1.54, 1.807) is 36.7 Å². The largest absolute Gasteiger partial charge is 0.335 e. The van der Waals surface area contributed by atoms with Crippen molar-refractivity contribution in [1.82, 2.24) is 14.9 Å². The molecule has 0 radical (unpaired) electrons. The van der Waals surface area contributed by atoms with Crippen LogP contribution in [0, 0.1) is 20.8 Å². The van der Waals surface area contributed by atoms with Gasteiger partial charge in [-0.05, 0) is 62.7 Å². The van der Waals surface area contributed by atoms with Gasteiger partial charge in [0, 0.05) is 29.5 Å². The van der Waals surface area contributed by atoms with Crippen molar-refractivity contribution in [3.8, 4) is 5.69 Å². The average molecular weight is 400 g/mol. The minimum atomic E-state index is -0.756. The first-order valence-corrected chi connectivity index (χ1v) is 9.44. The minimum Gasteiger partial charge on any atom is -0.318 e. The highest BCUT2D eigenvalue weighted by atomic mass is 16.2. The maximum absolute atomic E-state index is 13.1. The molecule has 7 nitrogen and oxygen atoms in total. The molecule has 0 atom stereocenters. The molecule has 7 heteroatoms. The first-order chi connectivity index (χ1) is 14.4. The Hall–Kier alpha value is -4.00. The molecule has 1 aromatic carbocycles. The monoisotopic (exact) mass is 400 g/mol. The van der Waals surface area contributed by atoms with Crippen LogP contribution in [0.5, 0.6) is 0 Å². The quantitative estimate of drug-likeness (QED) is 0.539. The highest BCUT2D eigenvalue weighted by Gasteiger charge is 2.37. The Kier molecular flexibility index (Phi) is 4.79. The first-order valence-electron chi connectivity index (χ1n) is 9.44. The number of benzene rings is 1. The number of nitrogens with zero attached hydrogens (tertiary/aromatic N) is 3. The molecular weight excluding hydrogens is 380 g/mol. The predicted molar refractivity (Wildman–Crippen MR) is 113 cm³/mol. The van der Waals surface area contributed by atoms with Crippen LogP contribution in [-0.2, 0) is 9.59 Å². The lowest BCUT2D eigenvalue weighted by atomic mass is 10.1. The number of rotatable bonds is 3. The number of nitrogens with one attached hydrogen (secondary N) is 1. The lowest BCUT2D eigenvalue weighted by molar-refractivity contribution is -0.122. The van der Waals surface area contributed by atoms with Crippen LogP contribution < -0.4 is 10.2 Å². The van der Waals surface area contributed by atoms with Gasteiger partial charge in [0.15, 0.2) is 0 Å². The molecule has 2 aromatic heterocycles. The van der Waals surface area contributed by atoms with Gasteiger partial charge in [-0.15, -0.1) is 0 Å². The molecule has 1 saturated heterocycles. The van der Waals surface area contributed by atoms with Crippen LogP contribution in [-0.4, -0.2) is 27.4 Å². The van der Waals surface area contributed by atoms with Crippen LogP contribution >= 0.6 is 0 Å². The van der Waals surface area contributed by atoms with E-state index >= 15 is 0 Å². The molecule has 1 N–H and O–H groups in total. The van der Waals surface area contributed by atoms with E-state index in [9.17, 15) is 14.4 Å². The van der Waals surface area contributed by atoms with E-state index in [0.717, 1.165) is 33.1 Å². The average Bonchev–Trinajstić information content (AvgIpc) is 3.00. The molecule has 1 aliphatic heterocycles. The van der Waals surface area contributed by atoms with Crippen LogP contribution in [0.2, 0.25) is 0 Å². The number of barbiturate groups is 1. The SMILES string of the molecule is Cc1ccc(N2C(=O)NC(=O)/C(=C\c3cc(C)n(-c4ccncc4)c3C)C2=O)cc1. The fraction of sp³-hybridized carbons (Fsp3) is 0.130. The Balaban J connectivity index is 1.76. The van der Waals surface area contributed by atoms with Gasteiger partial charge in [-0.2, -0.15) is 0 Å². The third kappa shape index (κ3) is 3.30. The zero-order valence-electron chi connectivity index (χ0n) is 16.8. The third-order valence-corrected chi connectivity index (χ3v) is 5.08. The lowest BCUT2D eigenvalue weighted by Gasteiger charge is -2.26. The normalized spacial score (nSPS) is 15.6. The predicted octanol–water partition coefficient (Wildman–Crippen LogP) is 3.46. The van der Waals surface area contributed by atoms with Gasteiger partial charge in [0.2, 0.25) is 0 Å². The van der Waals surface area contributed by atoms with E-state index < -0.39 is 17.8 Å². The summed E-state index contributed by atoms with van der Waals surface area (Å²) in [5.74, 6) is -1.36. The van der Waals surface area contributed by atoms with E-state index in [-0.39, 0.29) is 5.57 Å². The summed E-state index contributed by atoms with van der Waals surface area (Å²) in [4.78, 5) is 42.9. The van der Waals surface area contributed by atoms with Crippen molar-refractivity contribution in [2.75, 3.05) is 4.90 Å². The Bertz CT molecular complexity index is 1190. The highest BCUT2D eigenvalue weighted by molar-refractivity contribution is 6.39. The lowest BCUT2D eigenvalue weighted by Crippen LogP contribution is -2.54. The second-order valence-corrected chi connectivity index (χ2v) is 7.16.